The third kappa shape index (κ3) is 7.66. The van der Waals surface area contributed by atoms with Gasteiger partial charge in [-0.1, -0.05) is 13.0 Å². The SMILES string of the molecule is C=CC[O].CCC1CO1. The molecule has 9 heavy (non-hydrogen) atoms. The summed E-state index contributed by atoms with van der Waals surface area (Å²) in [6.07, 6.45) is 3.15. The molecule has 0 aromatic heterocycles. The second kappa shape index (κ2) is 5.79. The quantitative estimate of drug-likeness (QED) is 0.409. The van der Waals surface area contributed by atoms with E-state index in [9.17, 15) is 5.11 Å². The molecule has 0 bridgehead atoms. The van der Waals surface area contributed by atoms with Crippen LogP contribution in [0.15, 0.2) is 12.7 Å². The van der Waals surface area contributed by atoms with Crippen LogP contribution in [0, 0.1) is 0 Å². The monoisotopic (exact) mass is 129 g/mol. The molecule has 1 aliphatic rings. The lowest BCUT2D eigenvalue weighted by Crippen LogP contribution is -1.73. The van der Waals surface area contributed by atoms with E-state index in [1.807, 2.05) is 0 Å². The van der Waals surface area contributed by atoms with E-state index in [2.05, 4.69) is 13.5 Å². The molecule has 0 saturated carbocycles. The summed E-state index contributed by atoms with van der Waals surface area (Å²) in [6.45, 7) is 6.15. The minimum absolute atomic E-state index is 0.167. The van der Waals surface area contributed by atoms with Crippen LogP contribution >= 0.6 is 0 Å². The molecule has 1 fully saturated rings. The molecule has 0 amide bonds. The van der Waals surface area contributed by atoms with E-state index in [0.29, 0.717) is 6.10 Å². The van der Waals surface area contributed by atoms with Crippen LogP contribution in [-0.4, -0.2) is 19.3 Å². The Hall–Kier alpha value is -0.340. The van der Waals surface area contributed by atoms with Crippen molar-refractivity contribution >= 4 is 0 Å². The average Bonchev–Trinajstić information content (AvgIpc) is 2.70. The molecule has 1 heterocycles. The molecule has 0 spiro atoms. The molecule has 2 heteroatoms. The predicted octanol–water partition coefficient (Wildman–Crippen LogP) is 1.40. The number of rotatable bonds is 2. The molecule has 1 unspecified atom stereocenters. The van der Waals surface area contributed by atoms with Gasteiger partial charge in [0.1, 0.15) is 6.61 Å². The summed E-state index contributed by atoms with van der Waals surface area (Å²) < 4.78 is 4.86. The van der Waals surface area contributed by atoms with Crippen molar-refractivity contribution in [3.05, 3.63) is 12.7 Å². The molecule has 1 radical (unpaired) electrons. The largest absolute Gasteiger partial charge is 0.373 e. The standard InChI is InChI=1S/C4H8O.C3H5O/c1-2-4-3-5-4;1-2-3-4/h4H,2-3H2,1H3;2H,1,3H2. The lowest BCUT2D eigenvalue weighted by atomic mass is 10.4. The van der Waals surface area contributed by atoms with Gasteiger partial charge < -0.3 is 4.74 Å². The van der Waals surface area contributed by atoms with E-state index < -0.39 is 0 Å². The highest BCUT2D eigenvalue weighted by Crippen LogP contribution is 2.10. The van der Waals surface area contributed by atoms with Crippen molar-refractivity contribution in [3.63, 3.8) is 0 Å². The summed E-state index contributed by atoms with van der Waals surface area (Å²) in [5, 5.41) is 9.18. The van der Waals surface area contributed by atoms with Gasteiger partial charge in [0, 0.05) is 0 Å². The molecule has 1 aliphatic heterocycles. The number of ether oxygens (including phenoxy) is 1. The average molecular weight is 129 g/mol. The zero-order chi connectivity index (χ0) is 7.11. The molecule has 0 aromatic rings. The number of hydrogen-bond donors (Lipinski definition) is 0. The maximum Gasteiger partial charge on any atom is 0.100 e. The van der Waals surface area contributed by atoms with E-state index in [1.165, 1.54) is 12.5 Å². The van der Waals surface area contributed by atoms with E-state index in [4.69, 9.17) is 4.74 Å². The molecule has 53 valence electrons. The minimum atomic E-state index is -0.167. The van der Waals surface area contributed by atoms with E-state index in [-0.39, 0.29) is 6.61 Å². The summed E-state index contributed by atoms with van der Waals surface area (Å²) >= 11 is 0. The van der Waals surface area contributed by atoms with Crippen molar-refractivity contribution in [2.24, 2.45) is 0 Å². The molecule has 1 rings (SSSR count). The summed E-state index contributed by atoms with van der Waals surface area (Å²) in [7, 11) is 0. The smallest absolute Gasteiger partial charge is 0.100 e. The summed E-state index contributed by atoms with van der Waals surface area (Å²) in [5.41, 5.74) is 0. The molecular weight excluding hydrogens is 116 g/mol. The van der Waals surface area contributed by atoms with E-state index >= 15 is 0 Å². The van der Waals surface area contributed by atoms with Crippen LogP contribution in [0.4, 0.5) is 0 Å². The topological polar surface area (TPSA) is 32.4 Å². The third-order valence-corrected chi connectivity index (χ3v) is 0.976. The van der Waals surface area contributed by atoms with Crippen LogP contribution in [0.3, 0.4) is 0 Å². The maximum absolute atomic E-state index is 9.18. The van der Waals surface area contributed by atoms with Crippen molar-refractivity contribution in [2.75, 3.05) is 13.2 Å². The van der Waals surface area contributed by atoms with Gasteiger partial charge in [-0.05, 0) is 6.42 Å². The molecular formula is C7H13O2. The maximum atomic E-state index is 9.18. The van der Waals surface area contributed by atoms with Crippen molar-refractivity contribution in [3.8, 4) is 0 Å². The highest BCUT2D eigenvalue weighted by atomic mass is 16.6. The Balaban J connectivity index is 0.000000148. The van der Waals surface area contributed by atoms with Gasteiger partial charge >= 0.3 is 0 Å². The molecule has 1 atom stereocenters. The Kier molecular flexibility index (Phi) is 5.57. The van der Waals surface area contributed by atoms with Gasteiger partial charge in [0.25, 0.3) is 0 Å². The van der Waals surface area contributed by atoms with Crippen molar-refractivity contribution in [1.82, 2.24) is 0 Å². The number of epoxide rings is 1. The third-order valence-electron chi connectivity index (χ3n) is 0.976. The van der Waals surface area contributed by atoms with Crippen LogP contribution in [0.25, 0.3) is 0 Å². The fourth-order valence-electron chi connectivity index (χ4n) is 0.304. The normalized spacial score (nSPS) is 21.8. The van der Waals surface area contributed by atoms with Gasteiger partial charge in [-0.25, -0.2) is 5.11 Å². The van der Waals surface area contributed by atoms with Crippen LogP contribution in [0.2, 0.25) is 0 Å². The van der Waals surface area contributed by atoms with Gasteiger partial charge in [-0.2, -0.15) is 0 Å². The van der Waals surface area contributed by atoms with Gasteiger partial charge in [-0.15, -0.1) is 6.58 Å². The van der Waals surface area contributed by atoms with Gasteiger partial charge in [0.05, 0.1) is 12.7 Å². The first-order chi connectivity index (χ1) is 4.35. The summed E-state index contributed by atoms with van der Waals surface area (Å²) in [6, 6.07) is 0. The minimum Gasteiger partial charge on any atom is -0.373 e. The highest BCUT2D eigenvalue weighted by Gasteiger charge is 2.18. The lowest BCUT2D eigenvalue weighted by molar-refractivity contribution is 0.232. The molecule has 0 aromatic carbocycles. The molecule has 1 saturated heterocycles. The first kappa shape index (κ1) is 8.66. The Bertz CT molecular complexity index is 67.3. The predicted molar refractivity (Wildman–Crippen MR) is 35.8 cm³/mol. The molecule has 0 aliphatic carbocycles. The molecule has 0 N–H and O–H groups in total. The Morgan fingerprint density at radius 1 is 1.89 bits per heavy atom. The van der Waals surface area contributed by atoms with Crippen molar-refractivity contribution in [1.29, 1.82) is 0 Å². The van der Waals surface area contributed by atoms with Gasteiger partial charge in [0.15, 0.2) is 0 Å². The Morgan fingerprint density at radius 2 is 2.33 bits per heavy atom. The van der Waals surface area contributed by atoms with E-state index in [0.717, 1.165) is 6.61 Å². The fourth-order valence-corrected chi connectivity index (χ4v) is 0.304. The lowest BCUT2D eigenvalue weighted by Gasteiger charge is -1.69. The number of hydrogen-bond acceptors (Lipinski definition) is 1. The van der Waals surface area contributed by atoms with Crippen LogP contribution in [0.5, 0.6) is 0 Å². The van der Waals surface area contributed by atoms with Gasteiger partial charge in [0.2, 0.25) is 0 Å². The van der Waals surface area contributed by atoms with Gasteiger partial charge in [-0.3, -0.25) is 0 Å². The van der Waals surface area contributed by atoms with Crippen LogP contribution in [-0.2, 0) is 9.84 Å². The Morgan fingerprint density at radius 3 is 2.33 bits per heavy atom. The zero-order valence-corrected chi connectivity index (χ0v) is 5.80. The summed E-state index contributed by atoms with van der Waals surface area (Å²) in [5.74, 6) is 0. The Labute approximate surface area is 56.1 Å². The van der Waals surface area contributed by atoms with Crippen molar-refractivity contribution in [2.45, 2.75) is 19.4 Å². The highest BCUT2D eigenvalue weighted by molar-refractivity contribution is 4.64. The van der Waals surface area contributed by atoms with Crippen LogP contribution in [0.1, 0.15) is 13.3 Å². The fraction of sp³-hybridized carbons (Fsp3) is 0.714. The van der Waals surface area contributed by atoms with Crippen molar-refractivity contribution < 1.29 is 9.84 Å². The second-order valence-corrected chi connectivity index (χ2v) is 1.82. The second-order valence-electron chi connectivity index (χ2n) is 1.82. The molecule has 2 nitrogen and oxygen atoms in total. The van der Waals surface area contributed by atoms with E-state index in [1.54, 1.807) is 0 Å². The zero-order valence-electron chi connectivity index (χ0n) is 5.80. The van der Waals surface area contributed by atoms with Crippen LogP contribution < -0.4 is 0 Å². The first-order valence-electron chi connectivity index (χ1n) is 3.15. The first-order valence-corrected chi connectivity index (χ1v) is 3.15. The summed E-state index contributed by atoms with van der Waals surface area (Å²) in [4.78, 5) is 0.